The molecule has 3 aromatic rings. The Morgan fingerprint density at radius 3 is 2.38 bits per heavy atom. The lowest BCUT2D eigenvalue weighted by molar-refractivity contribution is 0.483. The molecule has 0 aliphatic rings. The number of hydrogen-bond donors (Lipinski definition) is 1. The second-order valence-electron chi connectivity index (χ2n) is 4.79. The van der Waals surface area contributed by atoms with Gasteiger partial charge in [-0.15, -0.1) is 11.3 Å². The molecule has 0 radical (unpaired) electrons. The van der Waals surface area contributed by atoms with E-state index < -0.39 is 0 Å². The Hall–Kier alpha value is -2.10. The van der Waals surface area contributed by atoms with Gasteiger partial charge in [-0.3, -0.25) is 0 Å². The fourth-order valence-electron chi connectivity index (χ4n) is 2.14. The lowest BCUT2D eigenvalue weighted by atomic mass is 10.1. The van der Waals surface area contributed by atoms with Crippen LogP contribution in [0.1, 0.15) is 5.56 Å². The first kappa shape index (κ1) is 13.9. The van der Waals surface area contributed by atoms with E-state index in [1.54, 1.807) is 11.3 Å². The summed E-state index contributed by atoms with van der Waals surface area (Å²) in [5.74, 6) is 1.72. The third-order valence-electron chi connectivity index (χ3n) is 3.15. The zero-order valence-corrected chi connectivity index (χ0v) is 12.7. The van der Waals surface area contributed by atoms with Crippen molar-refractivity contribution in [2.24, 2.45) is 0 Å². The van der Waals surface area contributed by atoms with Crippen LogP contribution < -0.4 is 10.1 Å². The van der Waals surface area contributed by atoms with Crippen molar-refractivity contribution in [2.45, 2.75) is 6.54 Å². The molecular formula is C18H17NOS. The fourth-order valence-corrected chi connectivity index (χ4v) is 3.06. The van der Waals surface area contributed by atoms with Gasteiger partial charge in [-0.2, -0.15) is 0 Å². The Morgan fingerprint density at radius 2 is 1.67 bits per heavy atom. The van der Waals surface area contributed by atoms with E-state index in [-0.39, 0.29) is 0 Å². The summed E-state index contributed by atoms with van der Waals surface area (Å²) < 4.78 is 5.81. The maximum atomic E-state index is 5.81. The smallest absolute Gasteiger partial charge is 0.127 e. The number of ether oxygens (including phenoxy) is 1. The Kier molecular flexibility index (Phi) is 4.34. The standard InChI is InChI=1S/C18H17NOS/c1-19-12-14-11-18(21-13-14)15-7-9-17(10-8-15)20-16-5-3-2-4-6-16/h2-11,13,19H,12H2,1H3. The lowest BCUT2D eigenvalue weighted by Crippen LogP contribution is -2.03. The first-order chi connectivity index (χ1) is 10.3. The quantitative estimate of drug-likeness (QED) is 0.721. The molecule has 1 heterocycles. The van der Waals surface area contributed by atoms with Crippen LogP contribution in [-0.2, 0) is 6.54 Å². The van der Waals surface area contributed by atoms with Crippen molar-refractivity contribution < 1.29 is 4.74 Å². The maximum absolute atomic E-state index is 5.81. The van der Waals surface area contributed by atoms with Gasteiger partial charge in [-0.1, -0.05) is 18.2 Å². The molecule has 106 valence electrons. The van der Waals surface area contributed by atoms with Crippen molar-refractivity contribution in [3.05, 3.63) is 71.6 Å². The number of para-hydroxylation sites is 1. The molecule has 0 aliphatic carbocycles. The summed E-state index contributed by atoms with van der Waals surface area (Å²) in [5, 5.41) is 5.37. The van der Waals surface area contributed by atoms with Crippen LogP contribution in [0.2, 0.25) is 0 Å². The maximum Gasteiger partial charge on any atom is 0.127 e. The van der Waals surface area contributed by atoms with Gasteiger partial charge in [-0.25, -0.2) is 0 Å². The Balaban J connectivity index is 1.74. The summed E-state index contributed by atoms with van der Waals surface area (Å²) in [6, 6.07) is 20.3. The molecule has 0 aliphatic heterocycles. The van der Waals surface area contributed by atoms with Crippen molar-refractivity contribution in [2.75, 3.05) is 7.05 Å². The normalized spacial score (nSPS) is 10.5. The van der Waals surface area contributed by atoms with E-state index in [2.05, 4.69) is 28.9 Å². The molecule has 0 fully saturated rings. The minimum atomic E-state index is 0.858. The number of hydrogen-bond acceptors (Lipinski definition) is 3. The lowest BCUT2D eigenvalue weighted by Gasteiger charge is -2.06. The van der Waals surface area contributed by atoms with Crippen LogP contribution in [0.25, 0.3) is 10.4 Å². The average molecular weight is 295 g/mol. The van der Waals surface area contributed by atoms with E-state index in [4.69, 9.17) is 4.74 Å². The SMILES string of the molecule is CNCc1csc(-c2ccc(Oc3ccccc3)cc2)c1. The highest BCUT2D eigenvalue weighted by Crippen LogP contribution is 2.30. The summed E-state index contributed by atoms with van der Waals surface area (Å²) in [5.41, 5.74) is 2.55. The first-order valence-electron chi connectivity index (χ1n) is 6.90. The van der Waals surface area contributed by atoms with Gasteiger partial charge in [0.1, 0.15) is 11.5 Å². The predicted octanol–water partition coefficient (Wildman–Crippen LogP) is 4.93. The van der Waals surface area contributed by atoms with Crippen molar-refractivity contribution in [1.29, 1.82) is 0 Å². The minimum Gasteiger partial charge on any atom is -0.457 e. The molecule has 1 aromatic heterocycles. The molecule has 0 spiro atoms. The van der Waals surface area contributed by atoms with Crippen LogP contribution in [0.5, 0.6) is 11.5 Å². The van der Waals surface area contributed by atoms with Crippen molar-refractivity contribution in [3.63, 3.8) is 0 Å². The first-order valence-corrected chi connectivity index (χ1v) is 7.78. The second-order valence-corrected chi connectivity index (χ2v) is 5.70. The van der Waals surface area contributed by atoms with Crippen molar-refractivity contribution >= 4 is 11.3 Å². The zero-order chi connectivity index (χ0) is 14.5. The van der Waals surface area contributed by atoms with Crippen molar-refractivity contribution in [1.82, 2.24) is 5.32 Å². The van der Waals surface area contributed by atoms with Gasteiger partial charge in [0.15, 0.2) is 0 Å². The highest BCUT2D eigenvalue weighted by molar-refractivity contribution is 7.13. The molecule has 3 heteroatoms. The minimum absolute atomic E-state index is 0.858. The Bertz CT molecular complexity index is 689. The molecule has 0 saturated carbocycles. The van der Waals surface area contributed by atoms with Gasteiger partial charge in [0.25, 0.3) is 0 Å². The van der Waals surface area contributed by atoms with E-state index in [9.17, 15) is 0 Å². The number of thiophene rings is 1. The van der Waals surface area contributed by atoms with E-state index >= 15 is 0 Å². The molecule has 0 atom stereocenters. The topological polar surface area (TPSA) is 21.3 Å². The van der Waals surface area contributed by atoms with Crippen LogP contribution in [0, 0.1) is 0 Å². The molecule has 0 amide bonds. The van der Waals surface area contributed by atoms with Crippen molar-refractivity contribution in [3.8, 4) is 21.9 Å². The average Bonchev–Trinajstić information content (AvgIpc) is 2.98. The molecule has 21 heavy (non-hydrogen) atoms. The van der Waals surface area contributed by atoms with E-state index in [1.165, 1.54) is 16.0 Å². The highest BCUT2D eigenvalue weighted by Gasteiger charge is 2.03. The van der Waals surface area contributed by atoms with Gasteiger partial charge < -0.3 is 10.1 Å². The van der Waals surface area contributed by atoms with Gasteiger partial charge in [0.05, 0.1) is 0 Å². The van der Waals surface area contributed by atoms with Crippen LogP contribution in [0.4, 0.5) is 0 Å². The Morgan fingerprint density at radius 1 is 0.952 bits per heavy atom. The van der Waals surface area contributed by atoms with Crippen LogP contribution in [-0.4, -0.2) is 7.05 Å². The summed E-state index contributed by atoms with van der Waals surface area (Å²) in [6.07, 6.45) is 0. The molecule has 0 saturated heterocycles. The molecule has 0 unspecified atom stereocenters. The third kappa shape index (κ3) is 3.51. The number of nitrogens with one attached hydrogen (secondary N) is 1. The second kappa shape index (κ2) is 6.57. The van der Waals surface area contributed by atoms with Crippen LogP contribution in [0.3, 0.4) is 0 Å². The third-order valence-corrected chi connectivity index (χ3v) is 4.18. The largest absolute Gasteiger partial charge is 0.457 e. The zero-order valence-electron chi connectivity index (χ0n) is 11.9. The summed E-state index contributed by atoms with van der Waals surface area (Å²) in [7, 11) is 1.97. The number of benzene rings is 2. The summed E-state index contributed by atoms with van der Waals surface area (Å²) in [4.78, 5) is 1.28. The number of rotatable bonds is 5. The summed E-state index contributed by atoms with van der Waals surface area (Å²) in [6.45, 7) is 0.908. The van der Waals surface area contributed by atoms with Crippen LogP contribution >= 0.6 is 11.3 Å². The molecule has 2 aromatic carbocycles. The molecule has 2 nitrogen and oxygen atoms in total. The predicted molar refractivity (Wildman–Crippen MR) is 89.0 cm³/mol. The molecule has 3 rings (SSSR count). The summed E-state index contributed by atoms with van der Waals surface area (Å²) >= 11 is 1.77. The van der Waals surface area contributed by atoms with Gasteiger partial charge >= 0.3 is 0 Å². The molecule has 0 bridgehead atoms. The molecular weight excluding hydrogens is 278 g/mol. The van der Waals surface area contributed by atoms with E-state index in [0.29, 0.717) is 0 Å². The van der Waals surface area contributed by atoms with Gasteiger partial charge in [0, 0.05) is 11.4 Å². The molecule has 1 N–H and O–H groups in total. The fraction of sp³-hybridized carbons (Fsp3) is 0.111. The van der Waals surface area contributed by atoms with Gasteiger partial charge in [-0.05, 0) is 66.0 Å². The van der Waals surface area contributed by atoms with Gasteiger partial charge in [0.2, 0.25) is 0 Å². The van der Waals surface area contributed by atoms with E-state index in [0.717, 1.165) is 18.0 Å². The van der Waals surface area contributed by atoms with E-state index in [1.807, 2.05) is 49.5 Å². The monoisotopic (exact) mass is 295 g/mol. The highest BCUT2D eigenvalue weighted by atomic mass is 32.1. The Labute approximate surface area is 129 Å². The van der Waals surface area contributed by atoms with Crippen LogP contribution in [0.15, 0.2) is 66.0 Å².